The van der Waals surface area contributed by atoms with Crippen LogP contribution >= 0.6 is 15.9 Å². The Kier molecular flexibility index (Phi) is 3.65. The Morgan fingerprint density at radius 3 is 2.72 bits per heavy atom. The third kappa shape index (κ3) is 2.36. The van der Waals surface area contributed by atoms with Gasteiger partial charge in [0.15, 0.2) is 5.43 Å². The van der Waals surface area contributed by atoms with Gasteiger partial charge in [-0.05, 0) is 35.9 Å². The van der Waals surface area contributed by atoms with E-state index in [4.69, 9.17) is 9.15 Å². The van der Waals surface area contributed by atoms with E-state index in [1.807, 2.05) is 24.3 Å². The Morgan fingerprint density at radius 1 is 1.16 bits per heavy atom. The number of hydrogen-bond acceptors (Lipinski definition) is 4. The fraction of sp³-hybridized carbons (Fsp3) is 0.158. The molecule has 0 spiro atoms. The highest BCUT2D eigenvalue weighted by molar-refractivity contribution is 9.10. The molecular formula is C19H14BrNO4. The van der Waals surface area contributed by atoms with Crippen molar-refractivity contribution in [1.82, 2.24) is 4.90 Å². The molecule has 5 nitrogen and oxygen atoms in total. The molecule has 0 N–H and O–H groups in total. The molecule has 0 fully saturated rings. The molecule has 0 saturated heterocycles. The predicted octanol–water partition coefficient (Wildman–Crippen LogP) is 3.74. The van der Waals surface area contributed by atoms with E-state index in [1.165, 1.54) is 4.90 Å². The number of amides is 1. The number of halogens is 1. The second-order valence-electron chi connectivity index (χ2n) is 5.91. The molecule has 0 aliphatic carbocycles. The van der Waals surface area contributed by atoms with Crippen molar-refractivity contribution in [2.45, 2.75) is 6.04 Å². The van der Waals surface area contributed by atoms with E-state index in [2.05, 4.69) is 15.9 Å². The summed E-state index contributed by atoms with van der Waals surface area (Å²) in [6.45, 7) is 0. The van der Waals surface area contributed by atoms with Gasteiger partial charge in [-0.15, -0.1) is 0 Å². The molecule has 0 radical (unpaired) electrons. The summed E-state index contributed by atoms with van der Waals surface area (Å²) in [6.07, 6.45) is 0. The molecule has 2 aromatic carbocycles. The van der Waals surface area contributed by atoms with Crippen LogP contribution in [0.25, 0.3) is 11.0 Å². The Morgan fingerprint density at radius 2 is 1.96 bits per heavy atom. The van der Waals surface area contributed by atoms with E-state index in [1.54, 1.807) is 32.4 Å². The lowest BCUT2D eigenvalue weighted by Crippen LogP contribution is -2.25. The van der Waals surface area contributed by atoms with Crippen molar-refractivity contribution in [1.29, 1.82) is 0 Å². The van der Waals surface area contributed by atoms with Gasteiger partial charge in [-0.1, -0.05) is 28.1 Å². The first kappa shape index (κ1) is 15.9. The van der Waals surface area contributed by atoms with Gasteiger partial charge in [-0.2, -0.15) is 0 Å². The minimum absolute atomic E-state index is 0.107. The Balaban J connectivity index is 2.01. The fourth-order valence-corrected chi connectivity index (χ4v) is 3.62. The summed E-state index contributed by atoms with van der Waals surface area (Å²) < 4.78 is 11.8. The molecular weight excluding hydrogens is 386 g/mol. The van der Waals surface area contributed by atoms with Gasteiger partial charge >= 0.3 is 0 Å². The van der Waals surface area contributed by atoms with Crippen LogP contribution in [0.1, 0.15) is 27.7 Å². The van der Waals surface area contributed by atoms with Crippen LogP contribution < -0.4 is 10.2 Å². The summed E-state index contributed by atoms with van der Waals surface area (Å²) in [6, 6.07) is 12.0. The predicted molar refractivity (Wildman–Crippen MR) is 97.1 cm³/mol. The standard InChI is InChI=1S/C19H14BrNO4/c1-21-16(10-4-3-5-12(8-10)24-2)15-17(22)13-9-11(20)6-7-14(13)25-18(15)19(21)23/h3-9,16H,1-2H3. The lowest BCUT2D eigenvalue weighted by Gasteiger charge is -2.20. The molecule has 25 heavy (non-hydrogen) atoms. The molecule has 4 rings (SSSR count). The van der Waals surface area contributed by atoms with Crippen molar-refractivity contribution in [3.8, 4) is 5.75 Å². The van der Waals surface area contributed by atoms with Gasteiger partial charge < -0.3 is 14.1 Å². The maximum Gasteiger partial charge on any atom is 0.290 e. The molecule has 6 heteroatoms. The van der Waals surface area contributed by atoms with Crippen molar-refractivity contribution in [3.63, 3.8) is 0 Å². The molecule has 0 bridgehead atoms. The van der Waals surface area contributed by atoms with Gasteiger partial charge in [-0.3, -0.25) is 9.59 Å². The average Bonchev–Trinajstić information content (AvgIpc) is 2.87. The topological polar surface area (TPSA) is 59.8 Å². The second kappa shape index (κ2) is 5.74. The van der Waals surface area contributed by atoms with Crippen molar-refractivity contribution < 1.29 is 13.9 Å². The molecule has 2 heterocycles. The molecule has 1 amide bonds. The lowest BCUT2D eigenvalue weighted by molar-refractivity contribution is 0.0771. The summed E-state index contributed by atoms with van der Waals surface area (Å²) in [5, 5.41) is 0.448. The van der Waals surface area contributed by atoms with E-state index in [-0.39, 0.29) is 17.1 Å². The number of nitrogens with zero attached hydrogens (tertiary/aromatic N) is 1. The van der Waals surface area contributed by atoms with E-state index < -0.39 is 6.04 Å². The minimum Gasteiger partial charge on any atom is -0.497 e. The molecule has 1 atom stereocenters. The van der Waals surface area contributed by atoms with Gasteiger partial charge in [0.2, 0.25) is 5.76 Å². The highest BCUT2D eigenvalue weighted by Gasteiger charge is 2.40. The van der Waals surface area contributed by atoms with E-state index in [0.717, 1.165) is 10.0 Å². The number of rotatable bonds is 2. The van der Waals surface area contributed by atoms with Crippen molar-refractivity contribution in [2.24, 2.45) is 0 Å². The first-order valence-electron chi connectivity index (χ1n) is 7.68. The zero-order valence-corrected chi connectivity index (χ0v) is 15.2. The lowest BCUT2D eigenvalue weighted by atomic mass is 9.98. The van der Waals surface area contributed by atoms with Crippen LogP contribution in [-0.4, -0.2) is 25.0 Å². The molecule has 1 aromatic heterocycles. The highest BCUT2D eigenvalue weighted by atomic mass is 79.9. The summed E-state index contributed by atoms with van der Waals surface area (Å²) in [7, 11) is 3.25. The van der Waals surface area contributed by atoms with Crippen LogP contribution in [0.4, 0.5) is 0 Å². The third-order valence-corrected chi connectivity index (χ3v) is 4.97. The molecule has 1 aliphatic heterocycles. The largest absolute Gasteiger partial charge is 0.497 e. The monoisotopic (exact) mass is 399 g/mol. The average molecular weight is 400 g/mol. The summed E-state index contributed by atoms with van der Waals surface area (Å²) >= 11 is 3.38. The van der Waals surface area contributed by atoms with Crippen LogP contribution in [0.3, 0.4) is 0 Å². The SMILES string of the molecule is COc1cccc(C2c3c(oc4ccc(Br)cc4c3=O)C(=O)N2C)c1. The van der Waals surface area contributed by atoms with Gasteiger partial charge in [-0.25, -0.2) is 0 Å². The van der Waals surface area contributed by atoms with Gasteiger partial charge in [0.25, 0.3) is 5.91 Å². The van der Waals surface area contributed by atoms with Gasteiger partial charge in [0, 0.05) is 11.5 Å². The molecule has 126 valence electrons. The van der Waals surface area contributed by atoms with E-state index in [9.17, 15) is 9.59 Å². The number of methoxy groups -OCH3 is 1. The number of hydrogen-bond donors (Lipinski definition) is 0. The number of ether oxygens (including phenoxy) is 1. The Bertz CT molecular complexity index is 1070. The van der Waals surface area contributed by atoms with E-state index in [0.29, 0.717) is 22.3 Å². The number of carbonyl (C=O) groups is 1. The fourth-order valence-electron chi connectivity index (χ4n) is 3.26. The van der Waals surface area contributed by atoms with Crippen LogP contribution in [0.2, 0.25) is 0 Å². The van der Waals surface area contributed by atoms with Gasteiger partial charge in [0.1, 0.15) is 11.3 Å². The zero-order chi connectivity index (χ0) is 17.7. The Labute approximate surface area is 151 Å². The zero-order valence-electron chi connectivity index (χ0n) is 13.6. The first-order valence-corrected chi connectivity index (χ1v) is 8.48. The normalized spacial score (nSPS) is 16.4. The summed E-state index contributed by atoms with van der Waals surface area (Å²) in [5.41, 5.74) is 1.38. The first-order chi connectivity index (χ1) is 12.0. The van der Waals surface area contributed by atoms with Crippen LogP contribution in [0.5, 0.6) is 5.75 Å². The Hall–Kier alpha value is -2.60. The number of fused-ring (bicyclic) bond motifs is 2. The molecule has 3 aromatic rings. The minimum atomic E-state index is -0.503. The van der Waals surface area contributed by atoms with Crippen LogP contribution in [0.15, 0.2) is 56.1 Å². The summed E-state index contributed by atoms with van der Waals surface area (Å²) in [4.78, 5) is 27.3. The maximum atomic E-state index is 13.1. The molecule has 0 saturated carbocycles. The van der Waals surface area contributed by atoms with Crippen molar-refractivity contribution >= 4 is 32.8 Å². The second-order valence-corrected chi connectivity index (χ2v) is 6.83. The van der Waals surface area contributed by atoms with E-state index >= 15 is 0 Å². The number of carbonyl (C=O) groups excluding carboxylic acids is 1. The summed E-state index contributed by atoms with van der Waals surface area (Å²) in [5.74, 6) is 0.472. The third-order valence-electron chi connectivity index (χ3n) is 4.47. The van der Waals surface area contributed by atoms with Crippen LogP contribution in [0, 0.1) is 0 Å². The van der Waals surface area contributed by atoms with Crippen molar-refractivity contribution in [3.05, 3.63) is 74.0 Å². The highest BCUT2D eigenvalue weighted by Crippen LogP contribution is 2.38. The molecule has 1 aliphatic rings. The number of benzene rings is 2. The van der Waals surface area contributed by atoms with Gasteiger partial charge in [0.05, 0.1) is 24.1 Å². The van der Waals surface area contributed by atoms with Crippen LogP contribution in [-0.2, 0) is 0 Å². The maximum absolute atomic E-state index is 13.1. The quantitative estimate of drug-likeness (QED) is 0.658. The van der Waals surface area contributed by atoms with Crippen molar-refractivity contribution in [2.75, 3.05) is 14.2 Å². The molecule has 1 unspecified atom stereocenters. The smallest absolute Gasteiger partial charge is 0.290 e.